The molecule has 2 rings (SSSR count). The highest BCUT2D eigenvalue weighted by Crippen LogP contribution is 2.29. The van der Waals surface area contributed by atoms with Gasteiger partial charge in [-0.3, -0.25) is 0 Å². The van der Waals surface area contributed by atoms with Crippen LogP contribution in [0.5, 0.6) is 5.75 Å². The van der Waals surface area contributed by atoms with E-state index in [-0.39, 0.29) is 18.9 Å². The summed E-state index contributed by atoms with van der Waals surface area (Å²) in [7, 11) is 0. The molecule has 0 saturated carbocycles. The average molecular weight is 209 g/mol. The molecule has 15 heavy (non-hydrogen) atoms. The minimum Gasteiger partial charge on any atom is -0.478 e. The van der Waals surface area contributed by atoms with Gasteiger partial charge in [-0.05, 0) is 12.1 Å². The normalized spacial score (nSPS) is 14.2. The van der Waals surface area contributed by atoms with Crippen molar-refractivity contribution in [3.05, 3.63) is 28.8 Å². The monoisotopic (exact) mass is 209 g/mol. The van der Waals surface area contributed by atoms with Crippen LogP contribution in [0.15, 0.2) is 12.1 Å². The maximum absolute atomic E-state index is 10.8. The summed E-state index contributed by atoms with van der Waals surface area (Å²) in [5.41, 5.74) is 7.18. The zero-order valence-electron chi connectivity index (χ0n) is 8.03. The smallest absolute Gasteiger partial charge is 0.335 e. The molecule has 1 aliphatic heterocycles. The van der Waals surface area contributed by atoms with Crippen LogP contribution in [-0.4, -0.2) is 17.9 Å². The molecule has 0 bridgehead atoms. The number of hydrogen-bond donors (Lipinski definition) is 2. The summed E-state index contributed by atoms with van der Waals surface area (Å²) in [5, 5.41) is 8.88. The van der Waals surface area contributed by atoms with Gasteiger partial charge in [-0.25, -0.2) is 4.79 Å². The van der Waals surface area contributed by atoms with Gasteiger partial charge in [0.25, 0.3) is 0 Å². The maximum Gasteiger partial charge on any atom is 0.335 e. The lowest BCUT2D eigenvalue weighted by molar-refractivity contribution is -0.0170. The summed E-state index contributed by atoms with van der Waals surface area (Å²) in [6, 6.07) is 3.09. The number of carbonyl (C=O) groups is 1. The fourth-order valence-corrected chi connectivity index (χ4v) is 1.57. The van der Waals surface area contributed by atoms with E-state index >= 15 is 0 Å². The highest BCUT2D eigenvalue weighted by molar-refractivity contribution is 5.88. The molecule has 0 radical (unpaired) electrons. The lowest BCUT2D eigenvalue weighted by Gasteiger charge is -2.20. The van der Waals surface area contributed by atoms with Gasteiger partial charge in [0, 0.05) is 17.7 Å². The second-order valence-corrected chi connectivity index (χ2v) is 3.24. The number of benzene rings is 1. The Morgan fingerprint density at radius 1 is 1.53 bits per heavy atom. The molecule has 1 heterocycles. The highest BCUT2D eigenvalue weighted by atomic mass is 16.7. The van der Waals surface area contributed by atoms with Gasteiger partial charge in [0.1, 0.15) is 5.75 Å². The van der Waals surface area contributed by atoms with Gasteiger partial charge >= 0.3 is 5.97 Å². The fraction of sp³-hybridized carbons (Fsp3) is 0.300. The summed E-state index contributed by atoms with van der Waals surface area (Å²) < 4.78 is 10.4. The summed E-state index contributed by atoms with van der Waals surface area (Å²) in [5.74, 6) is -0.313. The maximum atomic E-state index is 10.8. The second-order valence-electron chi connectivity index (χ2n) is 3.24. The Labute approximate surface area is 86.4 Å². The summed E-state index contributed by atoms with van der Waals surface area (Å²) >= 11 is 0. The van der Waals surface area contributed by atoms with Gasteiger partial charge in [0.2, 0.25) is 0 Å². The van der Waals surface area contributed by atoms with E-state index in [1.807, 2.05) is 0 Å². The van der Waals surface area contributed by atoms with Crippen molar-refractivity contribution in [2.24, 2.45) is 5.73 Å². The van der Waals surface area contributed by atoms with Crippen LogP contribution in [0.3, 0.4) is 0 Å². The molecular formula is C10H11NO4. The molecule has 0 unspecified atom stereocenters. The molecule has 5 nitrogen and oxygen atoms in total. The Morgan fingerprint density at radius 2 is 2.33 bits per heavy atom. The van der Waals surface area contributed by atoms with Crippen LogP contribution < -0.4 is 10.5 Å². The summed E-state index contributed by atoms with van der Waals surface area (Å²) in [4.78, 5) is 10.8. The molecule has 0 fully saturated rings. The van der Waals surface area contributed by atoms with Crippen molar-refractivity contribution in [1.82, 2.24) is 0 Å². The van der Waals surface area contributed by atoms with E-state index < -0.39 is 5.97 Å². The molecule has 3 N–H and O–H groups in total. The molecular weight excluding hydrogens is 198 g/mol. The second kappa shape index (κ2) is 3.88. The van der Waals surface area contributed by atoms with Gasteiger partial charge in [0.05, 0.1) is 12.2 Å². The standard InChI is InChI=1S/C10H11NO4/c11-3-7-1-6(10(12)13)2-8-4-14-5-15-9(7)8/h1-2H,3-5,11H2,(H,12,13). The number of fused-ring (bicyclic) bond motifs is 1. The molecule has 0 saturated heterocycles. The molecule has 0 atom stereocenters. The number of carboxylic acid groups (broad SMARTS) is 1. The SMILES string of the molecule is NCc1cc(C(=O)O)cc2c1OCOC2. The van der Waals surface area contributed by atoms with Crippen molar-refractivity contribution < 1.29 is 19.4 Å². The first kappa shape index (κ1) is 9.95. The Hall–Kier alpha value is -1.59. The van der Waals surface area contributed by atoms with Gasteiger partial charge in [-0.1, -0.05) is 0 Å². The number of ether oxygens (including phenoxy) is 2. The van der Waals surface area contributed by atoms with Crippen LogP contribution in [0.2, 0.25) is 0 Å². The number of rotatable bonds is 2. The van der Waals surface area contributed by atoms with Crippen LogP contribution in [-0.2, 0) is 17.9 Å². The van der Waals surface area contributed by atoms with Crippen molar-refractivity contribution in [3.8, 4) is 5.75 Å². The third-order valence-electron chi connectivity index (χ3n) is 2.25. The van der Waals surface area contributed by atoms with Crippen LogP contribution in [0.1, 0.15) is 21.5 Å². The van der Waals surface area contributed by atoms with Crippen LogP contribution in [0, 0.1) is 0 Å². The quantitative estimate of drug-likeness (QED) is 0.749. The molecule has 5 heteroatoms. The van der Waals surface area contributed by atoms with Crippen molar-refractivity contribution >= 4 is 5.97 Å². The number of nitrogens with two attached hydrogens (primary N) is 1. The molecule has 0 amide bonds. The zero-order chi connectivity index (χ0) is 10.8. The largest absolute Gasteiger partial charge is 0.478 e. The zero-order valence-corrected chi connectivity index (χ0v) is 8.03. The van der Waals surface area contributed by atoms with Crippen molar-refractivity contribution in [3.63, 3.8) is 0 Å². The first-order valence-corrected chi connectivity index (χ1v) is 4.52. The fourth-order valence-electron chi connectivity index (χ4n) is 1.57. The van der Waals surface area contributed by atoms with Crippen molar-refractivity contribution in [2.75, 3.05) is 6.79 Å². The van der Waals surface area contributed by atoms with Gasteiger partial charge in [0.15, 0.2) is 6.79 Å². The summed E-state index contributed by atoms with van der Waals surface area (Å²) in [6.07, 6.45) is 0. The Kier molecular flexibility index (Phi) is 2.57. The lowest BCUT2D eigenvalue weighted by Crippen LogP contribution is -2.15. The van der Waals surface area contributed by atoms with Gasteiger partial charge in [-0.2, -0.15) is 0 Å². The van der Waals surface area contributed by atoms with Crippen LogP contribution >= 0.6 is 0 Å². The lowest BCUT2D eigenvalue weighted by atomic mass is 10.0. The molecule has 0 spiro atoms. The van der Waals surface area contributed by atoms with E-state index in [4.69, 9.17) is 20.3 Å². The van der Waals surface area contributed by atoms with E-state index in [2.05, 4.69) is 0 Å². The molecule has 1 aromatic rings. The van der Waals surface area contributed by atoms with E-state index in [0.29, 0.717) is 17.9 Å². The number of hydrogen-bond acceptors (Lipinski definition) is 4. The predicted octanol–water partition coefficient (Wildman–Crippen LogP) is 0.710. The van der Waals surface area contributed by atoms with E-state index in [9.17, 15) is 4.79 Å². The molecule has 0 aromatic heterocycles. The van der Waals surface area contributed by atoms with E-state index in [1.54, 1.807) is 6.07 Å². The van der Waals surface area contributed by atoms with Crippen molar-refractivity contribution in [1.29, 1.82) is 0 Å². The minimum absolute atomic E-state index is 0.187. The van der Waals surface area contributed by atoms with E-state index in [1.165, 1.54) is 6.07 Å². The number of aromatic carboxylic acids is 1. The van der Waals surface area contributed by atoms with Gasteiger partial charge < -0.3 is 20.3 Å². The summed E-state index contributed by atoms with van der Waals surface area (Å²) in [6.45, 7) is 0.805. The highest BCUT2D eigenvalue weighted by Gasteiger charge is 2.17. The molecule has 1 aliphatic rings. The third-order valence-corrected chi connectivity index (χ3v) is 2.25. The average Bonchev–Trinajstić information content (AvgIpc) is 2.27. The first-order chi connectivity index (χ1) is 7.22. The Bertz CT molecular complexity index is 385. The Balaban J connectivity index is 2.52. The van der Waals surface area contributed by atoms with E-state index in [0.717, 1.165) is 5.56 Å². The van der Waals surface area contributed by atoms with Crippen molar-refractivity contribution in [2.45, 2.75) is 13.2 Å². The Morgan fingerprint density at radius 3 is 3.00 bits per heavy atom. The predicted molar refractivity (Wildman–Crippen MR) is 51.6 cm³/mol. The topological polar surface area (TPSA) is 81.8 Å². The minimum atomic E-state index is -0.974. The van der Waals surface area contributed by atoms with Crippen LogP contribution in [0.25, 0.3) is 0 Å². The first-order valence-electron chi connectivity index (χ1n) is 4.52. The number of carboxylic acids is 1. The molecule has 0 aliphatic carbocycles. The third kappa shape index (κ3) is 1.79. The molecule has 80 valence electrons. The van der Waals surface area contributed by atoms with Gasteiger partial charge in [-0.15, -0.1) is 0 Å². The molecule has 1 aromatic carbocycles. The van der Waals surface area contributed by atoms with Crippen LogP contribution in [0.4, 0.5) is 0 Å².